The van der Waals surface area contributed by atoms with Gasteiger partial charge in [0.15, 0.2) is 0 Å². The van der Waals surface area contributed by atoms with Gasteiger partial charge in [0.1, 0.15) is 5.82 Å². The van der Waals surface area contributed by atoms with Crippen LogP contribution in [0, 0.1) is 12.7 Å². The number of benzene rings is 1. The third-order valence-electron chi connectivity index (χ3n) is 2.75. The molecule has 0 aliphatic carbocycles. The van der Waals surface area contributed by atoms with Crippen molar-refractivity contribution in [3.63, 3.8) is 0 Å². The van der Waals surface area contributed by atoms with Gasteiger partial charge in [-0.05, 0) is 19.1 Å². The monoisotopic (exact) mass is 233 g/mol. The second kappa shape index (κ2) is 4.67. The summed E-state index contributed by atoms with van der Waals surface area (Å²) >= 11 is 0. The number of rotatable bonds is 3. The minimum absolute atomic E-state index is 0.251. The maximum Gasteiger partial charge on any atom is 0.128 e. The predicted octanol–water partition coefficient (Wildman–Crippen LogP) is 2.11. The summed E-state index contributed by atoms with van der Waals surface area (Å²) in [5.74, 6) is -0.251. The fourth-order valence-electron chi connectivity index (χ4n) is 1.85. The quantitative estimate of drug-likeness (QED) is 0.882. The summed E-state index contributed by atoms with van der Waals surface area (Å²) in [7, 11) is 1.85. The number of hydrogen-bond donors (Lipinski definition) is 1. The van der Waals surface area contributed by atoms with Crippen molar-refractivity contribution in [3.8, 4) is 0 Å². The lowest BCUT2D eigenvalue weighted by molar-refractivity contribution is 0.575. The molecule has 0 saturated heterocycles. The molecule has 2 rings (SSSR count). The maximum atomic E-state index is 13.6. The second-order valence-corrected chi connectivity index (χ2v) is 4.32. The number of hydrogen-bond acceptors (Lipinski definition) is 2. The summed E-state index contributed by atoms with van der Waals surface area (Å²) < 4.78 is 15.3. The molecule has 1 heterocycles. The standard InChI is InChI=1S/C13H16FN3/c1-9-3-4-12(14)11(7-9)13(15)8-10-5-6-17(2)16-10/h3-7,13H,8,15H2,1-2H3. The maximum absolute atomic E-state index is 13.6. The molecule has 90 valence electrons. The zero-order valence-corrected chi connectivity index (χ0v) is 10.0. The minimum Gasteiger partial charge on any atom is -0.324 e. The van der Waals surface area contributed by atoms with E-state index in [0.29, 0.717) is 12.0 Å². The van der Waals surface area contributed by atoms with Crippen LogP contribution < -0.4 is 5.73 Å². The normalized spacial score (nSPS) is 12.7. The highest BCUT2D eigenvalue weighted by atomic mass is 19.1. The number of aromatic nitrogens is 2. The lowest BCUT2D eigenvalue weighted by atomic mass is 10.0. The highest BCUT2D eigenvalue weighted by molar-refractivity contribution is 5.27. The highest BCUT2D eigenvalue weighted by Gasteiger charge is 2.13. The van der Waals surface area contributed by atoms with E-state index in [-0.39, 0.29) is 11.9 Å². The first-order valence-corrected chi connectivity index (χ1v) is 5.56. The summed E-state index contributed by atoms with van der Waals surface area (Å²) in [6.07, 6.45) is 2.40. The lowest BCUT2D eigenvalue weighted by Crippen LogP contribution is -2.15. The van der Waals surface area contributed by atoms with Crippen molar-refractivity contribution in [2.24, 2.45) is 12.8 Å². The second-order valence-electron chi connectivity index (χ2n) is 4.32. The van der Waals surface area contributed by atoms with Crippen LogP contribution >= 0.6 is 0 Å². The summed E-state index contributed by atoms with van der Waals surface area (Å²) in [5, 5.41) is 4.24. The first-order valence-electron chi connectivity index (χ1n) is 5.56. The van der Waals surface area contributed by atoms with Crippen molar-refractivity contribution in [1.82, 2.24) is 9.78 Å². The van der Waals surface area contributed by atoms with Gasteiger partial charge in [0.05, 0.1) is 5.69 Å². The molecule has 0 spiro atoms. The van der Waals surface area contributed by atoms with Crippen LogP contribution in [0.15, 0.2) is 30.5 Å². The molecular weight excluding hydrogens is 217 g/mol. The Hall–Kier alpha value is -1.68. The van der Waals surface area contributed by atoms with Crippen LogP contribution in [0.1, 0.15) is 22.9 Å². The molecule has 0 amide bonds. The minimum atomic E-state index is -0.357. The molecule has 3 nitrogen and oxygen atoms in total. The van der Waals surface area contributed by atoms with E-state index in [9.17, 15) is 4.39 Å². The zero-order valence-electron chi connectivity index (χ0n) is 10.0. The van der Waals surface area contributed by atoms with Crippen molar-refractivity contribution < 1.29 is 4.39 Å². The average molecular weight is 233 g/mol. The summed E-state index contributed by atoms with van der Waals surface area (Å²) in [6.45, 7) is 1.93. The largest absolute Gasteiger partial charge is 0.324 e. The van der Waals surface area contributed by atoms with E-state index in [1.54, 1.807) is 16.8 Å². The topological polar surface area (TPSA) is 43.8 Å². The van der Waals surface area contributed by atoms with Gasteiger partial charge in [-0.3, -0.25) is 4.68 Å². The Labute approximate surface area is 100 Å². The molecule has 0 bridgehead atoms. The van der Waals surface area contributed by atoms with Crippen LogP contribution in [0.2, 0.25) is 0 Å². The van der Waals surface area contributed by atoms with Gasteiger partial charge >= 0.3 is 0 Å². The number of nitrogens with two attached hydrogens (primary N) is 1. The van der Waals surface area contributed by atoms with Gasteiger partial charge in [-0.25, -0.2) is 4.39 Å². The molecule has 0 saturated carbocycles. The molecule has 4 heteroatoms. The van der Waals surface area contributed by atoms with Gasteiger partial charge in [0.2, 0.25) is 0 Å². The van der Waals surface area contributed by atoms with E-state index in [1.165, 1.54) is 6.07 Å². The molecule has 0 aliphatic rings. The van der Waals surface area contributed by atoms with Crippen molar-refractivity contribution in [3.05, 3.63) is 53.1 Å². The Morgan fingerprint density at radius 3 is 2.82 bits per heavy atom. The molecule has 0 radical (unpaired) electrons. The van der Waals surface area contributed by atoms with Crippen LogP contribution in [0.3, 0.4) is 0 Å². The molecule has 1 unspecified atom stereocenters. The molecule has 17 heavy (non-hydrogen) atoms. The Morgan fingerprint density at radius 1 is 1.41 bits per heavy atom. The summed E-state index contributed by atoms with van der Waals surface area (Å²) in [4.78, 5) is 0. The Bertz CT molecular complexity index is 519. The van der Waals surface area contributed by atoms with Crippen LogP contribution in [0.5, 0.6) is 0 Å². The fraction of sp³-hybridized carbons (Fsp3) is 0.308. The van der Waals surface area contributed by atoms with Gasteiger partial charge in [-0.15, -0.1) is 0 Å². The number of nitrogens with zero attached hydrogens (tertiary/aromatic N) is 2. The van der Waals surface area contributed by atoms with Crippen molar-refractivity contribution in [2.75, 3.05) is 0 Å². The number of halogens is 1. The van der Waals surface area contributed by atoms with Gasteiger partial charge in [-0.2, -0.15) is 5.10 Å². The Kier molecular flexibility index (Phi) is 3.24. The van der Waals surface area contributed by atoms with Gasteiger partial charge in [0, 0.05) is 31.3 Å². The fourth-order valence-corrected chi connectivity index (χ4v) is 1.85. The third-order valence-corrected chi connectivity index (χ3v) is 2.75. The molecule has 1 aromatic carbocycles. The van der Waals surface area contributed by atoms with Crippen LogP contribution in [-0.4, -0.2) is 9.78 Å². The molecule has 2 N–H and O–H groups in total. The molecule has 0 aliphatic heterocycles. The lowest BCUT2D eigenvalue weighted by Gasteiger charge is -2.12. The van der Waals surface area contributed by atoms with E-state index in [4.69, 9.17) is 5.73 Å². The van der Waals surface area contributed by atoms with E-state index >= 15 is 0 Å². The number of aryl methyl sites for hydroxylation is 2. The average Bonchev–Trinajstić information content (AvgIpc) is 2.67. The molecule has 2 aromatic rings. The molecule has 1 aromatic heterocycles. The van der Waals surface area contributed by atoms with Gasteiger partial charge in [-0.1, -0.05) is 17.7 Å². The molecule has 1 atom stereocenters. The first kappa shape index (κ1) is 11.8. The highest BCUT2D eigenvalue weighted by Crippen LogP contribution is 2.19. The SMILES string of the molecule is Cc1ccc(F)c(C(N)Cc2ccn(C)n2)c1. The predicted molar refractivity (Wildman–Crippen MR) is 65.0 cm³/mol. The Balaban J connectivity index is 2.19. The Morgan fingerprint density at radius 2 is 2.18 bits per heavy atom. The zero-order chi connectivity index (χ0) is 12.4. The molecule has 0 fully saturated rings. The van der Waals surface area contributed by atoms with Gasteiger partial charge in [0.25, 0.3) is 0 Å². The van der Waals surface area contributed by atoms with Crippen molar-refractivity contribution in [2.45, 2.75) is 19.4 Å². The van der Waals surface area contributed by atoms with Gasteiger partial charge < -0.3 is 5.73 Å². The smallest absolute Gasteiger partial charge is 0.128 e. The summed E-state index contributed by atoms with van der Waals surface area (Å²) in [6, 6.07) is 6.54. The molecular formula is C13H16FN3. The van der Waals surface area contributed by atoms with Crippen LogP contribution in [-0.2, 0) is 13.5 Å². The van der Waals surface area contributed by atoms with Crippen molar-refractivity contribution in [1.29, 1.82) is 0 Å². The first-order chi connectivity index (χ1) is 8.06. The van der Waals surface area contributed by atoms with Crippen LogP contribution in [0.25, 0.3) is 0 Å². The van der Waals surface area contributed by atoms with Crippen LogP contribution in [0.4, 0.5) is 4.39 Å². The van der Waals surface area contributed by atoms with E-state index in [1.807, 2.05) is 26.2 Å². The van der Waals surface area contributed by atoms with E-state index in [2.05, 4.69) is 5.10 Å². The van der Waals surface area contributed by atoms with Crippen molar-refractivity contribution >= 4 is 0 Å². The third kappa shape index (κ3) is 2.71. The summed E-state index contributed by atoms with van der Waals surface area (Å²) in [5.41, 5.74) is 8.46. The van der Waals surface area contributed by atoms with E-state index in [0.717, 1.165) is 11.3 Å². The van der Waals surface area contributed by atoms with E-state index < -0.39 is 0 Å².